The minimum Gasteiger partial charge on any atom is -0.339 e. The smallest absolute Gasteiger partial charge is 0.296 e. The van der Waals surface area contributed by atoms with Gasteiger partial charge in [0.15, 0.2) is 5.69 Å². The Labute approximate surface area is 197 Å². The van der Waals surface area contributed by atoms with Crippen LogP contribution < -0.4 is 10.5 Å². The number of amides is 1. The Hall–Kier alpha value is -4.19. The molecule has 2 heterocycles. The van der Waals surface area contributed by atoms with Gasteiger partial charge in [0.1, 0.15) is 5.52 Å². The molecule has 0 saturated carbocycles. The number of hydrogen-bond acceptors (Lipinski definition) is 3. The zero-order valence-electron chi connectivity index (χ0n) is 20.0. The van der Waals surface area contributed by atoms with Crippen molar-refractivity contribution in [2.24, 2.45) is 7.05 Å². The fraction of sp³-hybridized carbons (Fsp3) is 0.179. The monoisotopic (exact) mass is 450 g/mol. The van der Waals surface area contributed by atoms with Gasteiger partial charge in [-0.05, 0) is 56.2 Å². The summed E-state index contributed by atoms with van der Waals surface area (Å²) in [4.78, 5) is 29.3. The molecular weight excluding hydrogens is 424 g/mol. The van der Waals surface area contributed by atoms with Crippen LogP contribution in [0.25, 0.3) is 27.5 Å². The summed E-state index contributed by atoms with van der Waals surface area (Å²) in [6.07, 6.45) is 0. The van der Waals surface area contributed by atoms with E-state index < -0.39 is 0 Å². The van der Waals surface area contributed by atoms with E-state index in [1.807, 2.05) is 99.1 Å². The molecule has 0 radical (unpaired) electrons. The van der Waals surface area contributed by atoms with Crippen LogP contribution in [0.4, 0.5) is 5.69 Å². The van der Waals surface area contributed by atoms with Gasteiger partial charge in [-0.15, -0.1) is 0 Å². The highest BCUT2D eigenvalue weighted by atomic mass is 16.2. The van der Waals surface area contributed by atoms with Crippen LogP contribution in [0.1, 0.15) is 27.2 Å². The van der Waals surface area contributed by atoms with Gasteiger partial charge in [0.25, 0.3) is 11.5 Å². The number of fused-ring (bicyclic) bond motifs is 3. The number of para-hydroxylation sites is 1. The number of carbonyl (C=O) groups excluding carboxylic acids is 1. The van der Waals surface area contributed by atoms with E-state index in [2.05, 4.69) is 5.10 Å². The molecule has 0 unspecified atom stereocenters. The molecule has 5 aromatic rings. The number of carbonyl (C=O) groups is 1. The Balaban J connectivity index is 1.84. The number of aromatic nitrogens is 3. The van der Waals surface area contributed by atoms with E-state index in [-0.39, 0.29) is 17.2 Å². The standard InChI is InChI=1S/C28H26N4O2/c1-17-11-14-20(15-12-17)32-28(34)26-24(21-8-6-7-9-22(21)30(26)4)25(29-32)27(33)31(5)23-16-18(2)10-13-19(23)3/h6-16H,1-5H3. The molecule has 1 amide bonds. The fourth-order valence-electron chi connectivity index (χ4n) is 4.54. The van der Waals surface area contributed by atoms with Gasteiger partial charge in [-0.3, -0.25) is 9.59 Å². The minimum atomic E-state index is -0.268. The van der Waals surface area contributed by atoms with Crippen LogP contribution in [0.3, 0.4) is 0 Å². The van der Waals surface area contributed by atoms with E-state index in [0.29, 0.717) is 16.6 Å². The molecule has 170 valence electrons. The summed E-state index contributed by atoms with van der Waals surface area (Å²) in [7, 11) is 3.61. The van der Waals surface area contributed by atoms with Crippen molar-refractivity contribution in [1.29, 1.82) is 0 Å². The molecule has 34 heavy (non-hydrogen) atoms. The number of aryl methyl sites for hydroxylation is 4. The topological polar surface area (TPSA) is 60.1 Å². The predicted octanol–water partition coefficient (Wildman–Crippen LogP) is 5.08. The number of anilines is 1. The first-order valence-corrected chi connectivity index (χ1v) is 11.2. The molecule has 0 spiro atoms. The molecular formula is C28H26N4O2. The lowest BCUT2D eigenvalue weighted by Gasteiger charge is -2.21. The molecule has 0 aliphatic carbocycles. The van der Waals surface area contributed by atoms with Crippen molar-refractivity contribution in [3.63, 3.8) is 0 Å². The van der Waals surface area contributed by atoms with Crippen molar-refractivity contribution >= 4 is 33.4 Å². The zero-order valence-corrected chi connectivity index (χ0v) is 20.0. The van der Waals surface area contributed by atoms with E-state index in [9.17, 15) is 9.59 Å². The second kappa shape index (κ2) is 7.99. The molecule has 0 bridgehead atoms. The highest BCUT2D eigenvalue weighted by Crippen LogP contribution is 2.30. The van der Waals surface area contributed by atoms with E-state index in [0.717, 1.165) is 33.3 Å². The molecule has 0 aliphatic heterocycles. The highest BCUT2D eigenvalue weighted by molar-refractivity contribution is 6.20. The molecule has 3 aromatic carbocycles. The van der Waals surface area contributed by atoms with E-state index in [1.165, 1.54) is 4.68 Å². The maximum Gasteiger partial charge on any atom is 0.296 e. The first kappa shape index (κ1) is 21.6. The van der Waals surface area contributed by atoms with Crippen molar-refractivity contribution in [2.75, 3.05) is 11.9 Å². The van der Waals surface area contributed by atoms with Crippen LogP contribution >= 0.6 is 0 Å². The average molecular weight is 451 g/mol. The second-order valence-corrected chi connectivity index (χ2v) is 8.85. The van der Waals surface area contributed by atoms with Crippen molar-refractivity contribution in [1.82, 2.24) is 14.3 Å². The maximum atomic E-state index is 14.0. The van der Waals surface area contributed by atoms with Crippen LogP contribution in [0.5, 0.6) is 0 Å². The van der Waals surface area contributed by atoms with Gasteiger partial charge >= 0.3 is 0 Å². The number of hydrogen-bond donors (Lipinski definition) is 0. The number of rotatable bonds is 3. The first-order valence-electron chi connectivity index (χ1n) is 11.2. The highest BCUT2D eigenvalue weighted by Gasteiger charge is 2.26. The Morgan fingerprint density at radius 3 is 2.32 bits per heavy atom. The van der Waals surface area contributed by atoms with Gasteiger partial charge in [0, 0.05) is 36.1 Å². The number of nitrogens with zero attached hydrogens (tertiary/aromatic N) is 4. The zero-order chi connectivity index (χ0) is 24.1. The van der Waals surface area contributed by atoms with E-state index >= 15 is 0 Å². The Kier molecular flexibility index (Phi) is 5.09. The summed E-state index contributed by atoms with van der Waals surface area (Å²) in [5, 5.41) is 6.07. The normalized spacial score (nSPS) is 11.3. The summed E-state index contributed by atoms with van der Waals surface area (Å²) < 4.78 is 3.19. The first-order chi connectivity index (χ1) is 16.3. The largest absolute Gasteiger partial charge is 0.339 e. The lowest BCUT2D eigenvalue weighted by molar-refractivity contribution is 0.0988. The maximum absolute atomic E-state index is 14.0. The van der Waals surface area contributed by atoms with E-state index in [1.54, 1.807) is 11.9 Å². The third-order valence-electron chi connectivity index (χ3n) is 6.45. The summed E-state index contributed by atoms with van der Waals surface area (Å²) in [6, 6.07) is 21.3. The van der Waals surface area contributed by atoms with E-state index in [4.69, 9.17) is 0 Å². The van der Waals surface area contributed by atoms with Gasteiger partial charge < -0.3 is 9.47 Å². The van der Waals surface area contributed by atoms with Crippen LogP contribution in [-0.4, -0.2) is 27.3 Å². The van der Waals surface area contributed by atoms with Crippen LogP contribution in [0.2, 0.25) is 0 Å². The lowest BCUT2D eigenvalue weighted by atomic mass is 10.1. The van der Waals surface area contributed by atoms with Crippen molar-refractivity contribution < 1.29 is 4.79 Å². The Bertz CT molecular complexity index is 1640. The average Bonchev–Trinajstić information content (AvgIpc) is 3.14. The van der Waals surface area contributed by atoms with Crippen LogP contribution in [-0.2, 0) is 7.05 Å². The minimum absolute atomic E-state index is 0.246. The van der Waals surface area contributed by atoms with Crippen molar-refractivity contribution in [2.45, 2.75) is 20.8 Å². The van der Waals surface area contributed by atoms with Crippen LogP contribution in [0, 0.1) is 20.8 Å². The second-order valence-electron chi connectivity index (χ2n) is 8.85. The Morgan fingerprint density at radius 1 is 0.912 bits per heavy atom. The van der Waals surface area contributed by atoms with Gasteiger partial charge in [-0.1, -0.05) is 48.0 Å². The fourth-order valence-corrected chi connectivity index (χ4v) is 4.54. The molecule has 0 aliphatic rings. The SMILES string of the molecule is Cc1ccc(-n2nc(C(=O)N(C)c3cc(C)ccc3C)c3c4ccccc4n(C)c3c2=O)cc1. The Morgan fingerprint density at radius 2 is 1.59 bits per heavy atom. The molecule has 5 rings (SSSR count). The molecule has 6 nitrogen and oxygen atoms in total. The predicted molar refractivity (Wildman–Crippen MR) is 137 cm³/mol. The number of benzene rings is 3. The molecule has 2 aromatic heterocycles. The summed E-state index contributed by atoms with van der Waals surface area (Å²) in [5.74, 6) is -0.268. The molecule has 6 heteroatoms. The lowest BCUT2D eigenvalue weighted by Crippen LogP contribution is -2.32. The van der Waals surface area contributed by atoms with Gasteiger partial charge in [-0.25, -0.2) is 0 Å². The molecule has 0 saturated heterocycles. The third kappa shape index (κ3) is 3.30. The molecule has 0 N–H and O–H groups in total. The summed E-state index contributed by atoms with van der Waals surface area (Å²) in [6.45, 7) is 5.97. The molecule has 0 atom stereocenters. The van der Waals surface area contributed by atoms with Gasteiger partial charge in [-0.2, -0.15) is 9.78 Å². The quantitative estimate of drug-likeness (QED) is 0.385. The van der Waals surface area contributed by atoms with Gasteiger partial charge in [0.05, 0.1) is 5.69 Å². The summed E-state index contributed by atoms with van der Waals surface area (Å²) >= 11 is 0. The van der Waals surface area contributed by atoms with Crippen molar-refractivity contribution in [3.8, 4) is 5.69 Å². The van der Waals surface area contributed by atoms with Crippen molar-refractivity contribution in [3.05, 3.63) is 99.5 Å². The summed E-state index contributed by atoms with van der Waals surface area (Å²) in [5.41, 5.74) is 5.87. The third-order valence-corrected chi connectivity index (χ3v) is 6.45. The van der Waals surface area contributed by atoms with Gasteiger partial charge in [0.2, 0.25) is 0 Å². The van der Waals surface area contributed by atoms with Crippen LogP contribution in [0.15, 0.2) is 71.5 Å². The molecule has 0 fully saturated rings.